The van der Waals surface area contributed by atoms with Crippen molar-refractivity contribution in [3.05, 3.63) is 48.0 Å². The number of amides is 1. The molecule has 2 aromatic carbocycles. The summed E-state index contributed by atoms with van der Waals surface area (Å²) in [6.07, 6.45) is 0. The zero-order chi connectivity index (χ0) is 15.2. The number of hydrogen-bond acceptors (Lipinski definition) is 4. The molecule has 0 saturated heterocycles. The number of methoxy groups -OCH3 is 1. The molecular formula is C16H17NO4. The maximum Gasteiger partial charge on any atom is 0.262 e. The SMILES string of the molecule is COc1cccc(OCC(=O)Nc2ccc(O)cc2C)c1. The molecule has 5 nitrogen and oxygen atoms in total. The van der Waals surface area contributed by atoms with Crippen LogP contribution in [0.3, 0.4) is 0 Å². The Balaban J connectivity index is 1.92. The Morgan fingerprint density at radius 2 is 1.95 bits per heavy atom. The number of nitrogens with one attached hydrogen (secondary N) is 1. The van der Waals surface area contributed by atoms with E-state index in [1.807, 2.05) is 0 Å². The van der Waals surface area contributed by atoms with Crippen LogP contribution >= 0.6 is 0 Å². The van der Waals surface area contributed by atoms with Gasteiger partial charge in [-0.1, -0.05) is 6.07 Å². The van der Waals surface area contributed by atoms with E-state index in [1.54, 1.807) is 50.4 Å². The number of aromatic hydroxyl groups is 1. The highest BCUT2D eigenvalue weighted by Gasteiger charge is 2.06. The molecule has 0 atom stereocenters. The molecule has 21 heavy (non-hydrogen) atoms. The van der Waals surface area contributed by atoms with E-state index < -0.39 is 0 Å². The van der Waals surface area contributed by atoms with E-state index in [9.17, 15) is 9.90 Å². The lowest BCUT2D eigenvalue weighted by Gasteiger charge is -2.10. The van der Waals surface area contributed by atoms with Crippen LogP contribution in [0.2, 0.25) is 0 Å². The lowest BCUT2D eigenvalue weighted by molar-refractivity contribution is -0.118. The first-order valence-corrected chi connectivity index (χ1v) is 6.45. The molecule has 0 unspecified atom stereocenters. The highest BCUT2D eigenvalue weighted by molar-refractivity contribution is 5.92. The van der Waals surface area contributed by atoms with Crippen molar-refractivity contribution in [1.29, 1.82) is 0 Å². The van der Waals surface area contributed by atoms with Gasteiger partial charge in [0.15, 0.2) is 6.61 Å². The number of phenols is 1. The van der Waals surface area contributed by atoms with Crippen LogP contribution < -0.4 is 14.8 Å². The average Bonchev–Trinajstić information content (AvgIpc) is 2.48. The van der Waals surface area contributed by atoms with Gasteiger partial charge in [-0.15, -0.1) is 0 Å². The molecule has 5 heteroatoms. The fourth-order valence-corrected chi connectivity index (χ4v) is 1.81. The van der Waals surface area contributed by atoms with Crippen LogP contribution in [0.1, 0.15) is 5.56 Å². The number of benzene rings is 2. The van der Waals surface area contributed by atoms with Gasteiger partial charge in [-0.3, -0.25) is 4.79 Å². The van der Waals surface area contributed by atoms with Gasteiger partial charge in [0.2, 0.25) is 0 Å². The van der Waals surface area contributed by atoms with Crippen molar-refractivity contribution in [2.75, 3.05) is 19.0 Å². The first kappa shape index (κ1) is 14.7. The van der Waals surface area contributed by atoms with Gasteiger partial charge in [0.25, 0.3) is 5.91 Å². The average molecular weight is 287 g/mol. The molecule has 0 bridgehead atoms. The van der Waals surface area contributed by atoms with Gasteiger partial charge < -0.3 is 19.9 Å². The van der Waals surface area contributed by atoms with Gasteiger partial charge in [-0.05, 0) is 42.8 Å². The summed E-state index contributed by atoms with van der Waals surface area (Å²) in [6, 6.07) is 11.8. The molecule has 2 rings (SSSR count). The summed E-state index contributed by atoms with van der Waals surface area (Å²) in [5.74, 6) is 1.12. The smallest absolute Gasteiger partial charge is 0.262 e. The molecule has 0 aliphatic rings. The van der Waals surface area contributed by atoms with Crippen LogP contribution in [0.25, 0.3) is 0 Å². The Bertz CT molecular complexity index is 640. The quantitative estimate of drug-likeness (QED) is 0.830. The second kappa shape index (κ2) is 6.65. The van der Waals surface area contributed by atoms with E-state index in [-0.39, 0.29) is 18.3 Å². The van der Waals surface area contributed by atoms with Crippen LogP contribution in [0.15, 0.2) is 42.5 Å². The molecule has 0 saturated carbocycles. The van der Waals surface area contributed by atoms with Crippen LogP contribution in [0, 0.1) is 6.92 Å². The number of carbonyl (C=O) groups excluding carboxylic acids is 1. The lowest BCUT2D eigenvalue weighted by Crippen LogP contribution is -2.20. The molecule has 0 aliphatic carbocycles. The summed E-state index contributed by atoms with van der Waals surface area (Å²) < 4.78 is 10.5. The van der Waals surface area contributed by atoms with Crippen molar-refractivity contribution < 1.29 is 19.4 Å². The third kappa shape index (κ3) is 4.14. The maximum atomic E-state index is 11.8. The first-order chi connectivity index (χ1) is 10.1. The third-order valence-corrected chi connectivity index (χ3v) is 2.90. The van der Waals surface area contributed by atoms with Gasteiger partial charge >= 0.3 is 0 Å². The van der Waals surface area contributed by atoms with Crippen molar-refractivity contribution in [3.8, 4) is 17.2 Å². The summed E-state index contributed by atoms with van der Waals surface area (Å²) in [6.45, 7) is 1.70. The Hall–Kier alpha value is -2.69. The van der Waals surface area contributed by atoms with Gasteiger partial charge in [-0.25, -0.2) is 0 Å². The monoisotopic (exact) mass is 287 g/mol. The maximum absolute atomic E-state index is 11.8. The Morgan fingerprint density at radius 3 is 2.67 bits per heavy atom. The molecule has 0 fully saturated rings. The fourth-order valence-electron chi connectivity index (χ4n) is 1.81. The van der Waals surface area contributed by atoms with Crippen molar-refractivity contribution in [3.63, 3.8) is 0 Å². The summed E-state index contributed by atoms with van der Waals surface area (Å²) >= 11 is 0. The normalized spacial score (nSPS) is 10.0. The van der Waals surface area contributed by atoms with Crippen molar-refractivity contribution >= 4 is 11.6 Å². The lowest BCUT2D eigenvalue weighted by atomic mass is 10.2. The summed E-state index contributed by atoms with van der Waals surface area (Å²) in [5, 5.41) is 12.1. The molecule has 0 aromatic heterocycles. The van der Waals surface area contributed by atoms with E-state index in [0.717, 1.165) is 5.56 Å². The minimum Gasteiger partial charge on any atom is -0.508 e. The number of anilines is 1. The predicted octanol–water partition coefficient (Wildman–Crippen LogP) is 2.73. The molecule has 0 radical (unpaired) electrons. The van der Waals surface area contributed by atoms with Gasteiger partial charge in [0.05, 0.1) is 7.11 Å². The van der Waals surface area contributed by atoms with E-state index in [4.69, 9.17) is 9.47 Å². The Morgan fingerprint density at radius 1 is 1.19 bits per heavy atom. The van der Waals surface area contributed by atoms with Crippen LogP contribution in [-0.4, -0.2) is 24.7 Å². The van der Waals surface area contributed by atoms with E-state index >= 15 is 0 Å². The first-order valence-electron chi connectivity index (χ1n) is 6.45. The molecule has 0 heterocycles. The van der Waals surface area contributed by atoms with Crippen molar-refractivity contribution in [1.82, 2.24) is 0 Å². The molecule has 1 amide bonds. The number of phenolic OH excluding ortho intramolecular Hbond substituents is 1. The summed E-state index contributed by atoms with van der Waals surface area (Å²) in [5.41, 5.74) is 1.43. The second-order valence-electron chi connectivity index (χ2n) is 4.52. The molecule has 0 aliphatic heterocycles. The zero-order valence-electron chi connectivity index (χ0n) is 11.9. The van der Waals surface area contributed by atoms with E-state index in [1.165, 1.54) is 6.07 Å². The van der Waals surface area contributed by atoms with Gasteiger partial charge in [-0.2, -0.15) is 0 Å². The Labute approximate surface area is 123 Å². The minimum atomic E-state index is -0.272. The number of hydrogen-bond donors (Lipinski definition) is 2. The molecule has 110 valence electrons. The van der Waals surface area contributed by atoms with Gasteiger partial charge in [0.1, 0.15) is 17.2 Å². The number of rotatable bonds is 5. The number of carbonyl (C=O) groups is 1. The molecular weight excluding hydrogens is 270 g/mol. The van der Waals surface area contributed by atoms with Crippen LogP contribution in [-0.2, 0) is 4.79 Å². The van der Waals surface area contributed by atoms with Crippen LogP contribution in [0.4, 0.5) is 5.69 Å². The molecule has 0 spiro atoms. The summed E-state index contributed by atoms with van der Waals surface area (Å²) in [7, 11) is 1.57. The highest BCUT2D eigenvalue weighted by atomic mass is 16.5. The van der Waals surface area contributed by atoms with Gasteiger partial charge in [0, 0.05) is 11.8 Å². The summed E-state index contributed by atoms with van der Waals surface area (Å²) in [4.78, 5) is 11.8. The molecule has 2 N–H and O–H groups in total. The minimum absolute atomic E-state index is 0.104. The van der Waals surface area contributed by atoms with E-state index in [2.05, 4.69) is 5.32 Å². The Kier molecular flexibility index (Phi) is 4.66. The van der Waals surface area contributed by atoms with Crippen molar-refractivity contribution in [2.45, 2.75) is 6.92 Å². The van der Waals surface area contributed by atoms with Crippen molar-refractivity contribution in [2.24, 2.45) is 0 Å². The second-order valence-corrected chi connectivity index (χ2v) is 4.52. The number of ether oxygens (including phenoxy) is 2. The zero-order valence-corrected chi connectivity index (χ0v) is 11.9. The molecule has 2 aromatic rings. The van der Waals surface area contributed by atoms with Crippen LogP contribution in [0.5, 0.6) is 17.2 Å². The number of aryl methyl sites for hydroxylation is 1. The topological polar surface area (TPSA) is 67.8 Å². The predicted molar refractivity (Wildman–Crippen MR) is 80.0 cm³/mol. The standard InChI is InChI=1S/C16H17NO4/c1-11-8-12(18)6-7-15(11)17-16(19)10-21-14-5-3-4-13(9-14)20-2/h3-9,18H,10H2,1-2H3,(H,17,19). The highest BCUT2D eigenvalue weighted by Crippen LogP contribution is 2.21. The largest absolute Gasteiger partial charge is 0.508 e. The van der Waals surface area contributed by atoms with E-state index in [0.29, 0.717) is 17.2 Å². The fraction of sp³-hybridized carbons (Fsp3) is 0.188. The third-order valence-electron chi connectivity index (χ3n) is 2.90.